The summed E-state index contributed by atoms with van der Waals surface area (Å²) in [5, 5.41) is 0. The lowest BCUT2D eigenvalue weighted by molar-refractivity contribution is 0.321. The zero-order chi connectivity index (χ0) is 14.8. The minimum absolute atomic E-state index is 0.719. The van der Waals surface area contributed by atoms with E-state index >= 15 is 0 Å². The Morgan fingerprint density at radius 1 is 0.727 bits per heavy atom. The van der Waals surface area contributed by atoms with Gasteiger partial charge in [-0.25, -0.2) is 0 Å². The van der Waals surface area contributed by atoms with Gasteiger partial charge in [0, 0.05) is 6.42 Å². The first-order chi connectivity index (χ1) is 10.9. The van der Waals surface area contributed by atoms with Gasteiger partial charge in [0.05, 0.1) is 6.61 Å². The number of benzene rings is 3. The van der Waals surface area contributed by atoms with Crippen molar-refractivity contribution in [3.05, 3.63) is 89.5 Å². The van der Waals surface area contributed by atoms with Crippen molar-refractivity contribution in [2.75, 3.05) is 6.61 Å². The number of hydrogen-bond donors (Lipinski definition) is 0. The fourth-order valence-corrected chi connectivity index (χ4v) is 3.25. The van der Waals surface area contributed by atoms with Crippen molar-refractivity contribution in [1.29, 1.82) is 0 Å². The summed E-state index contributed by atoms with van der Waals surface area (Å²) in [6, 6.07) is 25.4. The second-order valence-corrected chi connectivity index (χ2v) is 5.69. The number of hydrogen-bond acceptors (Lipinski definition) is 1. The third-order valence-electron chi connectivity index (χ3n) is 4.33. The Kier molecular flexibility index (Phi) is 3.40. The van der Waals surface area contributed by atoms with Crippen molar-refractivity contribution < 1.29 is 4.74 Å². The highest BCUT2D eigenvalue weighted by molar-refractivity contribution is 5.77. The third-order valence-corrected chi connectivity index (χ3v) is 4.33. The van der Waals surface area contributed by atoms with Crippen molar-refractivity contribution in [3.8, 4) is 16.9 Å². The normalized spacial score (nSPS) is 11.8. The third kappa shape index (κ3) is 2.39. The van der Waals surface area contributed by atoms with Crippen LogP contribution in [0, 0.1) is 0 Å². The Balaban J connectivity index is 1.53. The molecule has 1 aliphatic rings. The summed E-state index contributed by atoms with van der Waals surface area (Å²) in [4.78, 5) is 0. The molecule has 0 heterocycles. The topological polar surface area (TPSA) is 9.23 Å². The van der Waals surface area contributed by atoms with Crippen molar-refractivity contribution in [1.82, 2.24) is 0 Å². The van der Waals surface area contributed by atoms with Gasteiger partial charge in [-0.15, -0.1) is 0 Å². The van der Waals surface area contributed by atoms with Crippen molar-refractivity contribution in [2.45, 2.75) is 12.8 Å². The van der Waals surface area contributed by atoms with E-state index in [4.69, 9.17) is 4.74 Å². The molecule has 0 saturated heterocycles. The van der Waals surface area contributed by atoms with E-state index in [1.54, 1.807) is 0 Å². The average molecular weight is 286 g/mol. The van der Waals surface area contributed by atoms with E-state index in [-0.39, 0.29) is 0 Å². The molecule has 0 radical (unpaired) electrons. The van der Waals surface area contributed by atoms with E-state index in [0.29, 0.717) is 0 Å². The fraction of sp³-hybridized carbons (Fsp3) is 0.143. The van der Waals surface area contributed by atoms with Crippen LogP contribution >= 0.6 is 0 Å². The maximum atomic E-state index is 5.85. The first-order valence-corrected chi connectivity index (χ1v) is 7.79. The first-order valence-electron chi connectivity index (χ1n) is 7.79. The summed E-state index contributed by atoms with van der Waals surface area (Å²) < 4.78 is 5.85. The van der Waals surface area contributed by atoms with Crippen molar-refractivity contribution in [3.63, 3.8) is 0 Å². The van der Waals surface area contributed by atoms with Crippen molar-refractivity contribution in [2.24, 2.45) is 0 Å². The van der Waals surface area contributed by atoms with Gasteiger partial charge in [-0.2, -0.15) is 0 Å². The summed E-state index contributed by atoms with van der Waals surface area (Å²) in [6.07, 6.45) is 2.00. The summed E-state index contributed by atoms with van der Waals surface area (Å²) in [5.74, 6) is 0.943. The summed E-state index contributed by atoms with van der Waals surface area (Å²) >= 11 is 0. The van der Waals surface area contributed by atoms with Gasteiger partial charge in [-0.05, 0) is 46.4 Å². The highest BCUT2D eigenvalue weighted by Gasteiger charge is 2.19. The molecule has 0 aromatic heterocycles. The van der Waals surface area contributed by atoms with Crippen LogP contribution in [0.3, 0.4) is 0 Å². The standard InChI is InChI=1S/C21H18O/c1-2-9-18(10-3-1)22-14-13-16-8-6-12-20-19-11-5-4-7-17(19)15-21(16)20/h1-12H,13-15H2. The molecule has 0 unspecified atom stereocenters. The lowest BCUT2D eigenvalue weighted by atomic mass is 9.99. The first kappa shape index (κ1) is 13.1. The number of para-hydroxylation sites is 1. The lowest BCUT2D eigenvalue weighted by Crippen LogP contribution is -2.03. The van der Waals surface area contributed by atoms with Crippen molar-refractivity contribution >= 4 is 0 Å². The van der Waals surface area contributed by atoms with Gasteiger partial charge in [0.2, 0.25) is 0 Å². The van der Waals surface area contributed by atoms with E-state index < -0.39 is 0 Å². The van der Waals surface area contributed by atoms with E-state index in [0.717, 1.165) is 25.2 Å². The predicted octanol–water partition coefficient (Wildman–Crippen LogP) is 4.88. The molecule has 0 bridgehead atoms. The quantitative estimate of drug-likeness (QED) is 0.519. The monoisotopic (exact) mass is 286 g/mol. The molecule has 3 aromatic carbocycles. The number of rotatable bonds is 4. The molecule has 108 valence electrons. The maximum absolute atomic E-state index is 5.85. The number of ether oxygens (including phenoxy) is 1. The molecule has 1 heteroatoms. The van der Waals surface area contributed by atoms with Crippen LogP contribution < -0.4 is 4.74 Å². The highest BCUT2D eigenvalue weighted by atomic mass is 16.5. The highest BCUT2D eigenvalue weighted by Crippen LogP contribution is 2.38. The van der Waals surface area contributed by atoms with Gasteiger partial charge in [-0.3, -0.25) is 0 Å². The molecule has 22 heavy (non-hydrogen) atoms. The van der Waals surface area contributed by atoms with Crippen LogP contribution in [0.1, 0.15) is 16.7 Å². The van der Waals surface area contributed by atoms with Crippen LogP contribution in [0.5, 0.6) is 5.75 Å². The molecule has 3 aromatic rings. The molecule has 0 amide bonds. The summed E-state index contributed by atoms with van der Waals surface area (Å²) in [5.41, 5.74) is 7.11. The van der Waals surface area contributed by atoms with Gasteiger partial charge < -0.3 is 4.74 Å². The molecular formula is C21H18O. The summed E-state index contributed by atoms with van der Waals surface area (Å²) in [7, 11) is 0. The van der Waals surface area contributed by atoms with Crippen LogP contribution in [0.25, 0.3) is 11.1 Å². The SMILES string of the molecule is c1ccc(OCCc2cccc3c2Cc2ccccc2-3)cc1. The summed E-state index contributed by atoms with van der Waals surface area (Å²) in [6.45, 7) is 0.719. The van der Waals surface area contributed by atoms with Gasteiger partial charge in [0.25, 0.3) is 0 Å². The van der Waals surface area contributed by atoms with Crippen LogP contribution in [0.4, 0.5) is 0 Å². The lowest BCUT2D eigenvalue weighted by Gasteiger charge is -2.10. The smallest absolute Gasteiger partial charge is 0.119 e. The molecule has 0 fully saturated rings. The van der Waals surface area contributed by atoms with E-state index in [2.05, 4.69) is 42.5 Å². The Labute approximate surface area is 131 Å². The zero-order valence-corrected chi connectivity index (χ0v) is 12.5. The van der Waals surface area contributed by atoms with Crippen LogP contribution in [-0.4, -0.2) is 6.61 Å². The Bertz CT molecular complexity index is 790. The second kappa shape index (κ2) is 5.69. The molecule has 0 spiro atoms. The van der Waals surface area contributed by atoms with Gasteiger partial charge in [-0.1, -0.05) is 60.7 Å². The van der Waals surface area contributed by atoms with Crippen LogP contribution in [0.2, 0.25) is 0 Å². The largest absolute Gasteiger partial charge is 0.493 e. The Morgan fingerprint density at radius 3 is 2.41 bits per heavy atom. The minimum atomic E-state index is 0.719. The van der Waals surface area contributed by atoms with E-state index in [1.165, 1.54) is 27.8 Å². The number of fused-ring (bicyclic) bond motifs is 3. The van der Waals surface area contributed by atoms with Gasteiger partial charge in [0.15, 0.2) is 0 Å². The molecule has 1 nitrogen and oxygen atoms in total. The predicted molar refractivity (Wildman–Crippen MR) is 90.3 cm³/mol. The van der Waals surface area contributed by atoms with Gasteiger partial charge in [0.1, 0.15) is 5.75 Å². The van der Waals surface area contributed by atoms with Crippen LogP contribution in [-0.2, 0) is 12.8 Å². The second-order valence-electron chi connectivity index (χ2n) is 5.69. The Hall–Kier alpha value is -2.54. The minimum Gasteiger partial charge on any atom is -0.493 e. The molecule has 1 aliphatic carbocycles. The average Bonchev–Trinajstić information content (AvgIpc) is 2.96. The molecule has 0 N–H and O–H groups in total. The molecule has 0 atom stereocenters. The maximum Gasteiger partial charge on any atom is 0.119 e. The van der Waals surface area contributed by atoms with Crippen LogP contribution in [0.15, 0.2) is 72.8 Å². The molecule has 0 saturated carbocycles. The molecular weight excluding hydrogens is 268 g/mol. The fourth-order valence-electron chi connectivity index (χ4n) is 3.25. The van der Waals surface area contributed by atoms with Gasteiger partial charge >= 0.3 is 0 Å². The van der Waals surface area contributed by atoms with E-state index in [1.807, 2.05) is 30.3 Å². The molecule has 0 aliphatic heterocycles. The Morgan fingerprint density at radius 2 is 1.50 bits per heavy atom. The van der Waals surface area contributed by atoms with E-state index in [9.17, 15) is 0 Å². The zero-order valence-electron chi connectivity index (χ0n) is 12.5. The molecule has 4 rings (SSSR count).